The zero-order valence-electron chi connectivity index (χ0n) is 16.8. The highest BCUT2D eigenvalue weighted by molar-refractivity contribution is 5.91. The van der Waals surface area contributed by atoms with Gasteiger partial charge in [0, 0.05) is 0 Å². The van der Waals surface area contributed by atoms with Gasteiger partial charge in [0.2, 0.25) is 6.10 Å². The van der Waals surface area contributed by atoms with E-state index in [9.17, 15) is 14.0 Å². The third-order valence-electron chi connectivity index (χ3n) is 5.38. The van der Waals surface area contributed by atoms with Gasteiger partial charge in [0.05, 0.1) is 31.9 Å². The molecule has 0 spiro atoms. The summed E-state index contributed by atoms with van der Waals surface area (Å²) in [5.74, 6) is 0.436. The standard InChI is InChI=1S/C22H24FN3O4/c1-15-6-7-17(16(23)12-15)24-21(27)13-25-8-10-26(11-9-25)22(28)20-14-29-18-4-2-3-5-19(18)30-20/h2-7,12,20H,8-11,13-14H2,1H3,(H,24,27)/p+1/t20-/m0/s1. The number of hydrogen-bond donors (Lipinski definition) is 2. The van der Waals surface area contributed by atoms with E-state index >= 15 is 0 Å². The van der Waals surface area contributed by atoms with Crippen LogP contribution in [-0.4, -0.2) is 62.1 Å². The van der Waals surface area contributed by atoms with Crippen molar-refractivity contribution >= 4 is 17.5 Å². The Morgan fingerprint density at radius 1 is 1.17 bits per heavy atom. The summed E-state index contributed by atoms with van der Waals surface area (Å²) < 4.78 is 25.3. The summed E-state index contributed by atoms with van der Waals surface area (Å²) in [6.07, 6.45) is -0.658. The van der Waals surface area contributed by atoms with Crippen molar-refractivity contribution in [2.45, 2.75) is 13.0 Å². The first-order chi connectivity index (χ1) is 14.5. The number of nitrogens with one attached hydrogen (secondary N) is 2. The molecule has 1 fully saturated rings. The minimum Gasteiger partial charge on any atom is -0.485 e. The van der Waals surface area contributed by atoms with Crippen LogP contribution in [0.1, 0.15) is 5.56 Å². The summed E-state index contributed by atoms with van der Waals surface area (Å²) in [6, 6.07) is 12.0. The minimum atomic E-state index is -0.658. The van der Waals surface area contributed by atoms with Gasteiger partial charge >= 0.3 is 0 Å². The van der Waals surface area contributed by atoms with Gasteiger partial charge in [-0.15, -0.1) is 0 Å². The number of quaternary nitrogens is 1. The fourth-order valence-corrected chi connectivity index (χ4v) is 3.71. The highest BCUT2D eigenvalue weighted by Crippen LogP contribution is 2.31. The molecule has 4 rings (SSSR count). The first kappa shape index (κ1) is 20.2. The van der Waals surface area contributed by atoms with E-state index in [1.165, 1.54) is 6.07 Å². The predicted octanol–water partition coefficient (Wildman–Crippen LogP) is 0.640. The van der Waals surface area contributed by atoms with Crippen molar-refractivity contribution in [3.05, 3.63) is 53.8 Å². The second kappa shape index (κ2) is 8.71. The lowest BCUT2D eigenvalue weighted by Crippen LogP contribution is -3.15. The number of rotatable bonds is 4. The molecule has 2 N–H and O–H groups in total. The average molecular weight is 414 g/mol. The van der Waals surface area contributed by atoms with E-state index < -0.39 is 11.9 Å². The molecule has 8 heteroatoms. The van der Waals surface area contributed by atoms with E-state index in [0.29, 0.717) is 37.7 Å². The Hall–Kier alpha value is -3.13. The van der Waals surface area contributed by atoms with Crippen molar-refractivity contribution in [2.24, 2.45) is 0 Å². The van der Waals surface area contributed by atoms with Crippen LogP contribution in [0.5, 0.6) is 11.5 Å². The van der Waals surface area contributed by atoms with E-state index in [-0.39, 0.29) is 30.7 Å². The fourth-order valence-electron chi connectivity index (χ4n) is 3.71. The number of benzene rings is 2. The fraction of sp³-hybridized carbons (Fsp3) is 0.364. The number of fused-ring (bicyclic) bond motifs is 1. The van der Waals surface area contributed by atoms with Gasteiger partial charge in [0.1, 0.15) is 12.4 Å². The van der Waals surface area contributed by atoms with Gasteiger partial charge in [-0.3, -0.25) is 9.59 Å². The quantitative estimate of drug-likeness (QED) is 0.770. The number of ether oxygens (including phenoxy) is 2. The summed E-state index contributed by atoms with van der Waals surface area (Å²) in [7, 11) is 0. The number of hydrogen-bond acceptors (Lipinski definition) is 4. The Balaban J connectivity index is 1.25. The Bertz CT molecular complexity index is 944. The number of carbonyl (C=O) groups excluding carboxylic acids is 2. The lowest BCUT2D eigenvalue weighted by Gasteiger charge is -2.35. The summed E-state index contributed by atoms with van der Waals surface area (Å²) in [5.41, 5.74) is 0.987. The zero-order valence-corrected chi connectivity index (χ0v) is 16.8. The van der Waals surface area contributed by atoms with Crippen LogP contribution in [0.25, 0.3) is 0 Å². The van der Waals surface area contributed by atoms with Crippen LogP contribution >= 0.6 is 0 Å². The van der Waals surface area contributed by atoms with Gasteiger partial charge in [-0.2, -0.15) is 0 Å². The summed E-state index contributed by atoms with van der Waals surface area (Å²) in [4.78, 5) is 27.9. The minimum absolute atomic E-state index is 0.102. The third kappa shape index (κ3) is 4.54. The molecule has 2 amide bonds. The highest BCUT2D eigenvalue weighted by Gasteiger charge is 2.34. The number of halogens is 1. The number of amides is 2. The van der Waals surface area contributed by atoms with Gasteiger partial charge in [-0.05, 0) is 36.8 Å². The molecule has 1 saturated heterocycles. The van der Waals surface area contributed by atoms with Crippen molar-refractivity contribution in [3.8, 4) is 11.5 Å². The van der Waals surface area contributed by atoms with Crippen molar-refractivity contribution in [1.82, 2.24) is 4.90 Å². The maximum Gasteiger partial charge on any atom is 0.279 e. The third-order valence-corrected chi connectivity index (χ3v) is 5.38. The van der Waals surface area contributed by atoms with Crippen molar-refractivity contribution in [1.29, 1.82) is 0 Å². The van der Waals surface area contributed by atoms with Crippen LogP contribution in [0, 0.1) is 12.7 Å². The highest BCUT2D eigenvalue weighted by atomic mass is 19.1. The number of nitrogens with zero attached hydrogens (tertiary/aromatic N) is 1. The molecule has 0 aromatic heterocycles. The van der Waals surface area contributed by atoms with Gasteiger partial charge in [-0.25, -0.2) is 4.39 Å². The molecule has 2 aliphatic rings. The van der Waals surface area contributed by atoms with E-state index in [1.807, 2.05) is 18.2 Å². The molecule has 1 atom stereocenters. The van der Waals surface area contributed by atoms with Crippen LogP contribution in [0.2, 0.25) is 0 Å². The number of para-hydroxylation sites is 2. The zero-order chi connectivity index (χ0) is 21.1. The molecule has 0 saturated carbocycles. The van der Waals surface area contributed by atoms with Gasteiger partial charge in [0.25, 0.3) is 11.8 Å². The molecule has 7 nitrogen and oxygen atoms in total. The normalized spacial score (nSPS) is 18.7. The lowest BCUT2D eigenvalue weighted by atomic mass is 10.2. The molecule has 2 aromatic rings. The number of aryl methyl sites for hydroxylation is 1. The maximum absolute atomic E-state index is 13.9. The van der Waals surface area contributed by atoms with E-state index in [0.717, 1.165) is 10.5 Å². The first-order valence-electron chi connectivity index (χ1n) is 10.1. The van der Waals surface area contributed by atoms with Crippen LogP contribution in [0.4, 0.5) is 10.1 Å². The molecule has 0 unspecified atom stereocenters. The smallest absolute Gasteiger partial charge is 0.279 e. The van der Waals surface area contributed by atoms with Crippen molar-refractivity contribution in [3.63, 3.8) is 0 Å². The topological polar surface area (TPSA) is 72.3 Å². The molecule has 2 heterocycles. The van der Waals surface area contributed by atoms with Crippen molar-refractivity contribution < 1.29 is 28.4 Å². The molecule has 2 aromatic carbocycles. The molecule has 158 valence electrons. The van der Waals surface area contributed by atoms with Crippen LogP contribution in [-0.2, 0) is 9.59 Å². The lowest BCUT2D eigenvalue weighted by molar-refractivity contribution is -0.895. The van der Waals surface area contributed by atoms with Crippen LogP contribution < -0.4 is 19.7 Å². The summed E-state index contributed by atoms with van der Waals surface area (Å²) in [5, 5.41) is 2.63. The molecule has 0 aliphatic carbocycles. The number of anilines is 1. The van der Waals surface area contributed by atoms with Gasteiger partial charge in [-0.1, -0.05) is 18.2 Å². The largest absolute Gasteiger partial charge is 0.485 e. The van der Waals surface area contributed by atoms with Gasteiger partial charge in [0.15, 0.2) is 18.0 Å². The maximum atomic E-state index is 13.9. The van der Waals surface area contributed by atoms with Crippen molar-refractivity contribution in [2.75, 3.05) is 44.6 Å². The Morgan fingerprint density at radius 3 is 2.63 bits per heavy atom. The SMILES string of the molecule is Cc1ccc(NC(=O)C[NH+]2CCN(C(=O)[C@@H]3COc4ccccc4O3)CC2)c(F)c1. The van der Waals surface area contributed by atoms with E-state index in [2.05, 4.69) is 5.32 Å². The average Bonchev–Trinajstić information content (AvgIpc) is 2.75. The summed E-state index contributed by atoms with van der Waals surface area (Å²) >= 11 is 0. The van der Waals surface area contributed by atoms with E-state index in [1.54, 1.807) is 30.0 Å². The van der Waals surface area contributed by atoms with Crippen LogP contribution in [0.15, 0.2) is 42.5 Å². The molecular weight excluding hydrogens is 389 g/mol. The molecule has 30 heavy (non-hydrogen) atoms. The van der Waals surface area contributed by atoms with E-state index in [4.69, 9.17) is 9.47 Å². The van der Waals surface area contributed by atoms with Gasteiger partial charge < -0.3 is 24.6 Å². The Morgan fingerprint density at radius 2 is 1.90 bits per heavy atom. The second-order valence-corrected chi connectivity index (χ2v) is 7.65. The molecular formula is C22H25FN3O4+. The second-order valence-electron chi connectivity index (χ2n) is 7.65. The summed E-state index contributed by atoms with van der Waals surface area (Å²) in [6.45, 7) is 4.55. The van der Waals surface area contributed by atoms with Crippen LogP contribution in [0.3, 0.4) is 0 Å². The Kier molecular flexibility index (Phi) is 5.85. The predicted molar refractivity (Wildman–Crippen MR) is 108 cm³/mol. The Labute approximate surface area is 174 Å². The number of carbonyl (C=O) groups is 2. The monoisotopic (exact) mass is 414 g/mol. The molecule has 0 radical (unpaired) electrons. The first-order valence-corrected chi connectivity index (χ1v) is 10.1. The molecule has 0 bridgehead atoms. The number of piperazine rings is 1. The molecule has 2 aliphatic heterocycles.